The van der Waals surface area contributed by atoms with Gasteiger partial charge in [-0.3, -0.25) is 0 Å². The lowest BCUT2D eigenvalue weighted by Gasteiger charge is -2.15. The van der Waals surface area contributed by atoms with Crippen LogP contribution >= 0.6 is 0 Å². The number of carbonyl (C=O) groups excluding carboxylic acids is 1. The van der Waals surface area contributed by atoms with Gasteiger partial charge in [0.2, 0.25) is 0 Å². The molecule has 0 heterocycles. The second-order valence-corrected chi connectivity index (χ2v) is 6.03. The molecule has 2 aromatic carbocycles. The maximum absolute atomic E-state index is 12.7. The molecule has 0 aliphatic rings. The molecule has 0 saturated carbocycles. The molecule has 1 atom stereocenters. The Bertz CT molecular complexity index is 812. The van der Waals surface area contributed by atoms with Gasteiger partial charge in [0.1, 0.15) is 24.2 Å². The number of hydrogen-bond donors (Lipinski definition) is 3. The van der Waals surface area contributed by atoms with Gasteiger partial charge in [-0.05, 0) is 42.8 Å². The molecule has 0 radical (unpaired) electrons. The van der Waals surface area contributed by atoms with Crippen molar-refractivity contribution in [2.75, 3.05) is 25.6 Å². The Kier molecular flexibility index (Phi) is 7.11. The number of amides is 2. The number of aryl methyl sites for hydroxylation is 1. The van der Waals surface area contributed by atoms with Crippen LogP contribution in [0.3, 0.4) is 0 Å². The number of aliphatic hydroxyl groups excluding tert-OH is 1. The summed E-state index contributed by atoms with van der Waals surface area (Å²) in [5.41, 5.74) is 0.546. The van der Waals surface area contributed by atoms with E-state index in [0.717, 1.165) is 17.7 Å². The van der Waals surface area contributed by atoms with Crippen LogP contribution in [0.2, 0.25) is 0 Å². The monoisotopic (exact) mass is 398 g/mol. The minimum atomic E-state index is -4.48. The summed E-state index contributed by atoms with van der Waals surface area (Å²) in [5.74, 6) is 0.456. The summed E-state index contributed by atoms with van der Waals surface area (Å²) < 4.78 is 48.3. The quantitative estimate of drug-likeness (QED) is 0.666. The Labute approximate surface area is 160 Å². The molecule has 0 fully saturated rings. The molecule has 0 unspecified atom stereocenters. The van der Waals surface area contributed by atoms with Gasteiger partial charge < -0.3 is 25.2 Å². The SMILES string of the molecule is COc1ccc(C)cc1NC(=O)NC[C@H](O)COc1cccc(C(F)(F)F)c1. The first kappa shape index (κ1) is 21.4. The van der Waals surface area contributed by atoms with Crippen molar-refractivity contribution in [1.29, 1.82) is 0 Å². The van der Waals surface area contributed by atoms with Crippen molar-refractivity contribution in [3.8, 4) is 11.5 Å². The van der Waals surface area contributed by atoms with Crippen molar-refractivity contribution in [3.05, 3.63) is 53.6 Å². The van der Waals surface area contributed by atoms with E-state index in [-0.39, 0.29) is 18.9 Å². The molecule has 0 saturated heterocycles. The van der Waals surface area contributed by atoms with E-state index >= 15 is 0 Å². The molecule has 0 spiro atoms. The third-order valence-corrected chi connectivity index (χ3v) is 3.71. The summed E-state index contributed by atoms with van der Waals surface area (Å²) >= 11 is 0. The van der Waals surface area contributed by atoms with Crippen LogP contribution in [0.1, 0.15) is 11.1 Å². The van der Waals surface area contributed by atoms with Gasteiger partial charge in [0, 0.05) is 6.54 Å². The predicted octanol–water partition coefficient (Wildman–Crippen LogP) is 3.58. The average Bonchev–Trinajstić information content (AvgIpc) is 2.64. The number of carbonyl (C=O) groups is 1. The molecule has 0 aromatic heterocycles. The largest absolute Gasteiger partial charge is 0.495 e. The van der Waals surface area contributed by atoms with Crippen molar-refractivity contribution in [3.63, 3.8) is 0 Å². The van der Waals surface area contributed by atoms with E-state index in [4.69, 9.17) is 9.47 Å². The van der Waals surface area contributed by atoms with Gasteiger partial charge in [0.05, 0.1) is 18.4 Å². The second-order valence-electron chi connectivity index (χ2n) is 6.03. The molecule has 6 nitrogen and oxygen atoms in total. The predicted molar refractivity (Wildman–Crippen MR) is 97.7 cm³/mol. The van der Waals surface area contributed by atoms with Crippen LogP contribution in [0, 0.1) is 6.92 Å². The highest BCUT2D eigenvalue weighted by Gasteiger charge is 2.30. The highest BCUT2D eigenvalue weighted by Crippen LogP contribution is 2.31. The maximum Gasteiger partial charge on any atom is 0.416 e. The molecule has 0 aliphatic heterocycles. The van der Waals surface area contributed by atoms with Gasteiger partial charge in [-0.2, -0.15) is 13.2 Å². The number of ether oxygens (including phenoxy) is 2. The number of anilines is 1. The number of benzene rings is 2. The summed E-state index contributed by atoms with van der Waals surface area (Å²) in [6.45, 7) is 1.42. The third-order valence-electron chi connectivity index (χ3n) is 3.71. The first-order valence-electron chi connectivity index (χ1n) is 8.36. The fourth-order valence-corrected chi connectivity index (χ4v) is 2.31. The topological polar surface area (TPSA) is 79.8 Å². The van der Waals surface area contributed by atoms with E-state index in [1.54, 1.807) is 12.1 Å². The fourth-order valence-electron chi connectivity index (χ4n) is 2.31. The van der Waals surface area contributed by atoms with Crippen LogP contribution < -0.4 is 20.1 Å². The van der Waals surface area contributed by atoms with E-state index in [1.807, 2.05) is 13.0 Å². The van der Waals surface area contributed by atoms with Crippen LogP contribution in [-0.4, -0.2) is 37.5 Å². The number of aliphatic hydroxyl groups is 1. The lowest BCUT2D eigenvalue weighted by atomic mass is 10.2. The summed E-state index contributed by atoms with van der Waals surface area (Å²) in [4.78, 5) is 12.0. The first-order chi connectivity index (χ1) is 13.2. The van der Waals surface area contributed by atoms with E-state index in [1.165, 1.54) is 19.2 Å². The van der Waals surface area contributed by atoms with E-state index in [2.05, 4.69) is 10.6 Å². The van der Waals surface area contributed by atoms with E-state index in [9.17, 15) is 23.1 Å². The number of halogens is 3. The lowest BCUT2D eigenvalue weighted by molar-refractivity contribution is -0.137. The highest BCUT2D eigenvalue weighted by molar-refractivity contribution is 5.91. The fraction of sp³-hybridized carbons (Fsp3) is 0.316. The summed E-state index contributed by atoms with van der Waals surface area (Å²) in [5, 5.41) is 14.9. The molecular formula is C19H21F3N2O4. The summed E-state index contributed by atoms with van der Waals surface area (Å²) in [7, 11) is 1.47. The Morgan fingerprint density at radius 2 is 1.96 bits per heavy atom. The Hall–Kier alpha value is -2.94. The summed E-state index contributed by atoms with van der Waals surface area (Å²) in [6, 6.07) is 9.04. The standard InChI is InChI=1S/C19H21F3N2O4/c1-12-6-7-17(27-2)16(8-12)24-18(26)23-10-14(25)11-28-15-5-3-4-13(9-15)19(20,21)22/h3-9,14,25H,10-11H2,1-2H3,(H2,23,24,26)/t14-/m0/s1. The molecule has 0 bridgehead atoms. The number of hydrogen-bond acceptors (Lipinski definition) is 4. The van der Waals surface area contributed by atoms with Crippen LogP contribution in [0.25, 0.3) is 0 Å². The molecule has 2 aromatic rings. The number of nitrogens with one attached hydrogen (secondary N) is 2. The number of methoxy groups -OCH3 is 1. The van der Waals surface area contributed by atoms with Crippen LogP contribution in [0.15, 0.2) is 42.5 Å². The zero-order valence-electron chi connectivity index (χ0n) is 15.3. The highest BCUT2D eigenvalue weighted by atomic mass is 19.4. The minimum Gasteiger partial charge on any atom is -0.495 e. The van der Waals surface area contributed by atoms with Crippen LogP contribution in [0.5, 0.6) is 11.5 Å². The zero-order valence-corrected chi connectivity index (χ0v) is 15.3. The average molecular weight is 398 g/mol. The number of alkyl halides is 3. The second kappa shape index (κ2) is 9.32. The van der Waals surface area contributed by atoms with Crippen LogP contribution in [0.4, 0.5) is 23.7 Å². The normalized spacial score (nSPS) is 12.2. The molecule has 0 aliphatic carbocycles. The van der Waals surface area contributed by atoms with Crippen molar-refractivity contribution < 1.29 is 32.5 Å². The zero-order chi connectivity index (χ0) is 20.7. The molecule has 152 valence electrons. The molecule has 3 N–H and O–H groups in total. The maximum atomic E-state index is 12.7. The Balaban J connectivity index is 1.82. The molecule has 2 amide bonds. The van der Waals surface area contributed by atoms with Gasteiger partial charge >= 0.3 is 12.2 Å². The Morgan fingerprint density at radius 3 is 2.64 bits per heavy atom. The van der Waals surface area contributed by atoms with Gasteiger partial charge in [0.25, 0.3) is 0 Å². The van der Waals surface area contributed by atoms with Crippen molar-refractivity contribution >= 4 is 11.7 Å². The van der Waals surface area contributed by atoms with Gasteiger partial charge in [-0.15, -0.1) is 0 Å². The minimum absolute atomic E-state index is 0.0252. The molecule has 9 heteroatoms. The van der Waals surface area contributed by atoms with Crippen LogP contribution in [-0.2, 0) is 6.18 Å². The van der Waals surface area contributed by atoms with Crippen molar-refractivity contribution in [1.82, 2.24) is 5.32 Å². The lowest BCUT2D eigenvalue weighted by Crippen LogP contribution is -2.37. The molecule has 2 rings (SSSR count). The van der Waals surface area contributed by atoms with Gasteiger partial charge in [0.15, 0.2) is 0 Å². The summed E-state index contributed by atoms with van der Waals surface area (Å²) in [6.07, 6.45) is -5.59. The van der Waals surface area contributed by atoms with Crippen molar-refractivity contribution in [2.45, 2.75) is 19.2 Å². The smallest absolute Gasteiger partial charge is 0.416 e. The molecule has 28 heavy (non-hydrogen) atoms. The van der Waals surface area contributed by atoms with Crippen molar-refractivity contribution in [2.24, 2.45) is 0 Å². The molecular weight excluding hydrogens is 377 g/mol. The third kappa shape index (κ3) is 6.34. The van der Waals surface area contributed by atoms with E-state index in [0.29, 0.717) is 11.4 Å². The van der Waals surface area contributed by atoms with E-state index < -0.39 is 23.9 Å². The Morgan fingerprint density at radius 1 is 1.21 bits per heavy atom. The number of urea groups is 1. The first-order valence-corrected chi connectivity index (χ1v) is 8.36. The van der Waals surface area contributed by atoms with Gasteiger partial charge in [-0.1, -0.05) is 12.1 Å². The number of rotatable bonds is 7. The van der Waals surface area contributed by atoms with Gasteiger partial charge in [-0.25, -0.2) is 4.79 Å².